The van der Waals surface area contributed by atoms with E-state index in [-0.39, 0.29) is 0 Å². The van der Waals surface area contributed by atoms with Crippen LogP contribution in [0.3, 0.4) is 0 Å². The lowest BCUT2D eigenvalue weighted by Crippen LogP contribution is -2.07. The zero-order valence-corrected chi connectivity index (χ0v) is 15.6. The van der Waals surface area contributed by atoms with E-state index in [0.717, 1.165) is 28.6 Å². The predicted octanol–water partition coefficient (Wildman–Crippen LogP) is 5.45. The summed E-state index contributed by atoms with van der Waals surface area (Å²) in [6.07, 6.45) is 6.65. The molecule has 0 fully saturated rings. The Morgan fingerprint density at radius 2 is 1.81 bits per heavy atom. The van der Waals surface area contributed by atoms with Crippen molar-refractivity contribution in [1.82, 2.24) is 15.0 Å². The Balaban J connectivity index is 1.69. The van der Waals surface area contributed by atoms with Gasteiger partial charge in [-0.25, -0.2) is 4.98 Å². The lowest BCUT2D eigenvalue weighted by Gasteiger charge is -2.23. The molecule has 6 rings (SSSR count). The van der Waals surface area contributed by atoms with Gasteiger partial charge in [0.2, 0.25) is 0 Å². The summed E-state index contributed by atoms with van der Waals surface area (Å²) in [6, 6.07) is 12.9. The summed E-state index contributed by atoms with van der Waals surface area (Å²) in [4.78, 5) is 12.6. The van der Waals surface area contributed by atoms with E-state index in [0.29, 0.717) is 5.13 Å². The van der Waals surface area contributed by atoms with Crippen molar-refractivity contribution < 1.29 is 0 Å². The molecule has 2 aromatic carbocycles. The Labute approximate surface area is 160 Å². The van der Waals surface area contributed by atoms with Crippen LogP contribution in [0.5, 0.6) is 0 Å². The van der Waals surface area contributed by atoms with Gasteiger partial charge in [0.25, 0.3) is 0 Å². The molecule has 5 aromatic rings. The molecule has 1 aliphatic carbocycles. The number of nitrogens with one attached hydrogen (secondary N) is 1. The van der Waals surface area contributed by atoms with E-state index in [1.165, 1.54) is 51.5 Å². The molecule has 0 saturated carbocycles. The molecule has 0 amide bonds. The maximum atomic E-state index is 5.90. The fraction of sp³-hybridized carbons (Fsp3) is 0.182. The highest BCUT2D eigenvalue weighted by molar-refractivity contribution is 7.22. The number of anilines is 1. The van der Waals surface area contributed by atoms with E-state index in [1.807, 2.05) is 6.20 Å². The number of nitrogen functional groups attached to an aromatic ring is 1. The molecular formula is C22H18N4S. The lowest BCUT2D eigenvalue weighted by atomic mass is 9.85. The molecule has 0 unspecified atom stereocenters. The van der Waals surface area contributed by atoms with Gasteiger partial charge in [-0.2, -0.15) is 0 Å². The zero-order valence-electron chi connectivity index (χ0n) is 14.7. The molecule has 3 aromatic heterocycles. The monoisotopic (exact) mass is 370 g/mol. The van der Waals surface area contributed by atoms with E-state index < -0.39 is 0 Å². The smallest absolute Gasteiger partial charge is 0.181 e. The molecule has 132 valence electrons. The molecule has 0 aliphatic heterocycles. The van der Waals surface area contributed by atoms with Gasteiger partial charge in [0.1, 0.15) is 0 Å². The number of hydrogen-bond acceptors (Lipinski definition) is 4. The van der Waals surface area contributed by atoms with Gasteiger partial charge < -0.3 is 10.7 Å². The molecule has 0 radical (unpaired) electrons. The minimum absolute atomic E-state index is 0.623. The number of aromatic nitrogens is 3. The number of nitrogens with two attached hydrogens (primary N) is 1. The molecule has 0 spiro atoms. The van der Waals surface area contributed by atoms with Crippen molar-refractivity contribution in [2.75, 3.05) is 5.73 Å². The SMILES string of the molecule is Nc1nc2ccc(-c3[nH]c4ccc5nccc5c4c4c3CCCC4)cc2s1. The van der Waals surface area contributed by atoms with Crippen LogP contribution in [0, 0.1) is 0 Å². The van der Waals surface area contributed by atoms with Crippen LogP contribution >= 0.6 is 11.3 Å². The number of thiazole rings is 1. The maximum absolute atomic E-state index is 5.90. The average molecular weight is 370 g/mol. The summed E-state index contributed by atoms with van der Waals surface area (Å²) in [5, 5.41) is 3.24. The van der Waals surface area contributed by atoms with E-state index in [2.05, 4.69) is 51.4 Å². The molecule has 4 nitrogen and oxygen atoms in total. The van der Waals surface area contributed by atoms with E-state index >= 15 is 0 Å². The van der Waals surface area contributed by atoms with Gasteiger partial charge >= 0.3 is 0 Å². The van der Waals surface area contributed by atoms with E-state index in [1.54, 1.807) is 11.3 Å². The highest BCUT2D eigenvalue weighted by Crippen LogP contribution is 2.39. The number of hydrogen-bond donors (Lipinski definition) is 2. The summed E-state index contributed by atoms with van der Waals surface area (Å²) in [7, 11) is 0. The third-order valence-corrected chi connectivity index (χ3v) is 6.55. The fourth-order valence-electron chi connectivity index (χ4n) is 4.52. The van der Waals surface area contributed by atoms with Crippen molar-refractivity contribution in [3.8, 4) is 11.3 Å². The Bertz CT molecular complexity index is 1350. The molecule has 0 saturated heterocycles. The average Bonchev–Trinajstić information content (AvgIpc) is 3.31. The van der Waals surface area contributed by atoms with Gasteiger partial charge in [0.15, 0.2) is 5.13 Å². The number of nitrogens with zero attached hydrogens (tertiary/aromatic N) is 2. The van der Waals surface area contributed by atoms with Crippen LogP contribution in [-0.2, 0) is 12.8 Å². The first-order valence-corrected chi connectivity index (χ1v) is 10.2. The Morgan fingerprint density at radius 1 is 0.963 bits per heavy atom. The fourth-order valence-corrected chi connectivity index (χ4v) is 5.30. The van der Waals surface area contributed by atoms with Crippen LogP contribution in [-0.4, -0.2) is 15.0 Å². The van der Waals surface area contributed by atoms with Crippen molar-refractivity contribution in [2.45, 2.75) is 25.7 Å². The highest BCUT2D eigenvalue weighted by atomic mass is 32.1. The quantitative estimate of drug-likeness (QED) is 0.412. The molecule has 5 heteroatoms. The lowest BCUT2D eigenvalue weighted by molar-refractivity contribution is 0.689. The van der Waals surface area contributed by atoms with Crippen LogP contribution in [0.2, 0.25) is 0 Å². The molecule has 1 aliphatic rings. The van der Waals surface area contributed by atoms with Crippen molar-refractivity contribution in [3.05, 3.63) is 53.7 Å². The van der Waals surface area contributed by atoms with E-state index in [4.69, 9.17) is 5.73 Å². The van der Waals surface area contributed by atoms with E-state index in [9.17, 15) is 0 Å². The van der Waals surface area contributed by atoms with Crippen LogP contribution < -0.4 is 5.73 Å². The number of rotatable bonds is 1. The Hall–Kier alpha value is -2.92. The molecule has 3 N–H and O–H groups in total. The molecular weight excluding hydrogens is 352 g/mol. The summed E-state index contributed by atoms with van der Waals surface area (Å²) in [6.45, 7) is 0. The zero-order chi connectivity index (χ0) is 18.0. The number of aromatic amines is 1. The maximum Gasteiger partial charge on any atom is 0.181 e. The number of pyridine rings is 1. The first-order chi connectivity index (χ1) is 13.3. The van der Waals surface area contributed by atoms with Gasteiger partial charge in [0, 0.05) is 28.2 Å². The molecule has 0 bridgehead atoms. The normalized spacial score (nSPS) is 14.2. The molecule has 0 atom stereocenters. The van der Waals surface area contributed by atoms with Crippen LogP contribution in [0.4, 0.5) is 5.13 Å². The second-order valence-corrected chi connectivity index (χ2v) is 8.33. The topological polar surface area (TPSA) is 67.6 Å². The number of fused-ring (bicyclic) bond motifs is 6. The first-order valence-electron chi connectivity index (χ1n) is 9.35. The van der Waals surface area contributed by atoms with Crippen LogP contribution in [0.1, 0.15) is 24.0 Å². The summed E-state index contributed by atoms with van der Waals surface area (Å²) in [5.74, 6) is 0. The summed E-state index contributed by atoms with van der Waals surface area (Å²) < 4.78 is 1.14. The second-order valence-electron chi connectivity index (χ2n) is 7.26. The highest BCUT2D eigenvalue weighted by Gasteiger charge is 2.20. The van der Waals surface area contributed by atoms with Crippen molar-refractivity contribution in [1.29, 1.82) is 0 Å². The minimum atomic E-state index is 0.623. The van der Waals surface area contributed by atoms with Gasteiger partial charge in [0.05, 0.1) is 15.7 Å². The Kier molecular flexibility index (Phi) is 3.11. The molecule has 27 heavy (non-hydrogen) atoms. The summed E-state index contributed by atoms with van der Waals surface area (Å²) >= 11 is 1.55. The number of H-pyrrole nitrogens is 1. The van der Waals surface area contributed by atoms with Crippen molar-refractivity contribution in [2.24, 2.45) is 0 Å². The first kappa shape index (κ1) is 15.2. The Morgan fingerprint density at radius 3 is 2.74 bits per heavy atom. The number of benzene rings is 2. The third-order valence-electron chi connectivity index (χ3n) is 5.70. The van der Waals surface area contributed by atoms with Gasteiger partial charge in [-0.05, 0) is 72.7 Å². The largest absolute Gasteiger partial charge is 0.375 e. The second kappa shape index (κ2) is 5.54. The standard InChI is InChI=1S/C22H18N4S/c23-22-26-17-6-5-12(11-19(17)27-22)21-14-4-2-1-3-13(14)20-15-9-10-24-16(15)7-8-18(20)25-21/h5-11,25H,1-4H2,(H2,23,26). The van der Waals surface area contributed by atoms with Gasteiger partial charge in [-0.15, -0.1) is 0 Å². The summed E-state index contributed by atoms with van der Waals surface area (Å²) in [5.41, 5.74) is 14.6. The predicted molar refractivity (Wildman–Crippen MR) is 113 cm³/mol. The van der Waals surface area contributed by atoms with Crippen LogP contribution in [0.15, 0.2) is 42.6 Å². The molecule has 3 heterocycles. The third kappa shape index (κ3) is 2.21. The van der Waals surface area contributed by atoms with Crippen molar-refractivity contribution in [3.63, 3.8) is 0 Å². The van der Waals surface area contributed by atoms with Gasteiger partial charge in [-0.1, -0.05) is 17.4 Å². The van der Waals surface area contributed by atoms with Crippen LogP contribution in [0.25, 0.3) is 43.3 Å². The van der Waals surface area contributed by atoms with Gasteiger partial charge in [-0.3, -0.25) is 4.98 Å². The number of aryl methyl sites for hydroxylation is 1. The minimum Gasteiger partial charge on any atom is -0.375 e. The van der Waals surface area contributed by atoms with Crippen molar-refractivity contribution >= 4 is 48.5 Å².